The second-order valence-electron chi connectivity index (χ2n) is 9.75. The number of anilines is 2. The van der Waals surface area contributed by atoms with Crippen molar-refractivity contribution in [2.45, 2.75) is 38.5 Å². The molecule has 0 fully saturated rings. The molecule has 4 rings (SSSR count). The SMILES string of the molecule is CN[C@@H](C)C(=O)NC1C(=O)N(Cc2c(OC)ccc3c(Br)cccc23)c2ccc(C#N)cc2N(C(=O)CSC)[C@H]1C. The molecule has 11 heteroatoms. The van der Waals surface area contributed by atoms with Crippen LogP contribution >= 0.6 is 27.7 Å². The number of ether oxygens (including phenoxy) is 1. The summed E-state index contributed by atoms with van der Waals surface area (Å²) in [5.41, 5.74) is 2.01. The third-order valence-electron chi connectivity index (χ3n) is 7.35. The molecule has 1 unspecified atom stereocenters. The van der Waals surface area contributed by atoms with Gasteiger partial charge in [0.15, 0.2) is 0 Å². The van der Waals surface area contributed by atoms with Crippen LogP contribution in [0.3, 0.4) is 0 Å². The Morgan fingerprint density at radius 3 is 2.59 bits per heavy atom. The molecule has 1 aliphatic rings. The first-order chi connectivity index (χ1) is 19.7. The molecule has 3 amide bonds. The smallest absolute Gasteiger partial charge is 0.252 e. The highest BCUT2D eigenvalue weighted by Crippen LogP contribution is 2.40. The van der Waals surface area contributed by atoms with Crippen LogP contribution in [0.4, 0.5) is 11.4 Å². The standard InChI is InChI=1S/C30H32BrN5O4S/c1-17(33-3)29(38)34-28-18(2)36(27(37)16-41-5)25-13-19(14-32)9-11-24(25)35(30(28)39)15-22-20-7-6-8-23(31)21(20)10-12-26(22)40-4/h6-13,17-18,28,33H,15-16H2,1-5H3,(H,34,38)/t17-,18-,28?/m0/s1. The number of fused-ring (bicyclic) bond motifs is 2. The number of nitriles is 1. The molecule has 2 N–H and O–H groups in total. The summed E-state index contributed by atoms with van der Waals surface area (Å²) >= 11 is 4.98. The van der Waals surface area contributed by atoms with Crippen molar-refractivity contribution in [2.24, 2.45) is 0 Å². The van der Waals surface area contributed by atoms with Gasteiger partial charge in [-0.1, -0.05) is 28.1 Å². The van der Waals surface area contributed by atoms with Gasteiger partial charge in [0.2, 0.25) is 11.8 Å². The van der Waals surface area contributed by atoms with E-state index in [-0.39, 0.29) is 30.0 Å². The molecule has 0 aromatic heterocycles. The van der Waals surface area contributed by atoms with Crippen LogP contribution in [-0.2, 0) is 20.9 Å². The molecule has 0 radical (unpaired) electrons. The molecule has 9 nitrogen and oxygen atoms in total. The maximum atomic E-state index is 14.5. The number of thioether (sulfide) groups is 1. The first-order valence-electron chi connectivity index (χ1n) is 13.0. The summed E-state index contributed by atoms with van der Waals surface area (Å²) in [7, 11) is 3.24. The van der Waals surface area contributed by atoms with Crippen LogP contribution in [0.2, 0.25) is 0 Å². The van der Waals surface area contributed by atoms with Gasteiger partial charge in [-0.2, -0.15) is 17.0 Å². The van der Waals surface area contributed by atoms with Crippen molar-refractivity contribution in [3.05, 3.63) is 64.1 Å². The van der Waals surface area contributed by atoms with Gasteiger partial charge in [-0.3, -0.25) is 14.4 Å². The molecule has 41 heavy (non-hydrogen) atoms. The predicted octanol–water partition coefficient (Wildman–Crippen LogP) is 4.21. The van der Waals surface area contributed by atoms with E-state index in [1.165, 1.54) is 16.7 Å². The van der Waals surface area contributed by atoms with Gasteiger partial charge in [0.1, 0.15) is 11.8 Å². The summed E-state index contributed by atoms with van der Waals surface area (Å²) in [5.74, 6) is -0.230. The molecule has 0 saturated carbocycles. The highest BCUT2D eigenvalue weighted by molar-refractivity contribution is 9.10. The molecular formula is C30H32BrN5O4S. The Labute approximate surface area is 252 Å². The van der Waals surface area contributed by atoms with Crippen LogP contribution in [0.25, 0.3) is 10.8 Å². The zero-order valence-electron chi connectivity index (χ0n) is 23.5. The quantitative estimate of drug-likeness (QED) is 0.380. The number of nitrogens with zero attached hydrogens (tertiary/aromatic N) is 3. The number of hydrogen-bond acceptors (Lipinski definition) is 7. The van der Waals surface area contributed by atoms with Crippen LogP contribution in [0.15, 0.2) is 53.0 Å². The van der Waals surface area contributed by atoms with Crippen LogP contribution in [0.1, 0.15) is 25.0 Å². The van der Waals surface area contributed by atoms with Gasteiger partial charge in [0.05, 0.1) is 54.5 Å². The average Bonchev–Trinajstić information content (AvgIpc) is 3.05. The maximum Gasteiger partial charge on any atom is 0.252 e. The van der Waals surface area contributed by atoms with Crippen LogP contribution < -0.4 is 25.2 Å². The number of halogens is 1. The Morgan fingerprint density at radius 1 is 1.17 bits per heavy atom. The van der Waals surface area contributed by atoms with Crippen molar-refractivity contribution in [3.8, 4) is 11.8 Å². The number of rotatable bonds is 8. The van der Waals surface area contributed by atoms with Gasteiger partial charge in [0.25, 0.3) is 5.91 Å². The molecule has 0 bridgehead atoms. The van der Waals surface area contributed by atoms with E-state index in [9.17, 15) is 19.6 Å². The number of carbonyl (C=O) groups excluding carboxylic acids is 3. The lowest BCUT2D eigenvalue weighted by atomic mass is 10.0. The Hall–Kier alpha value is -3.59. The molecule has 3 aromatic carbocycles. The number of carbonyl (C=O) groups is 3. The Balaban J connectivity index is 1.96. The second kappa shape index (κ2) is 12.9. The molecule has 214 valence electrons. The number of benzene rings is 3. The molecule has 3 aromatic rings. The number of amides is 3. The van der Waals surface area contributed by atoms with E-state index in [0.717, 1.165) is 20.8 Å². The topological polar surface area (TPSA) is 115 Å². The van der Waals surface area contributed by atoms with Gasteiger partial charge in [0, 0.05) is 10.0 Å². The lowest BCUT2D eigenvalue weighted by molar-refractivity contribution is -0.129. The molecular weight excluding hydrogens is 606 g/mol. The van der Waals surface area contributed by atoms with E-state index in [2.05, 4.69) is 32.6 Å². The number of nitrogens with one attached hydrogen (secondary N) is 2. The zero-order valence-corrected chi connectivity index (χ0v) is 25.9. The number of likely N-dealkylation sites (N-methyl/N-ethyl adjacent to an activating group) is 1. The highest BCUT2D eigenvalue weighted by Gasteiger charge is 2.42. The summed E-state index contributed by atoms with van der Waals surface area (Å²) in [6, 6.07) is 14.3. The minimum Gasteiger partial charge on any atom is -0.496 e. The van der Waals surface area contributed by atoms with Crippen molar-refractivity contribution < 1.29 is 19.1 Å². The van der Waals surface area contributed by atoms with Gasteiger partial charge >= 0.3 is 0 Å². The van der Waals surface area contributed by atoms with E-state index in [4.69, 9.17) is 4.74 Å². The Bertz CT molecular complexity index is 1540. The van der Waals surface area contributed by atoms with Crippen molar-refractivity contribution >= 4 is 67.6 Å². The second-order valence-corrected chi connectivity index (χ2v) is 11.5. The summed E-state index contributed by atoms with van der Waals surface area (Å²) in [5, 5.41) is 17.3. The largest absolute Gasteiger partial charge is 0.496 e. The fraction of sp³-hybridized carbons (Fsp3) is 0.333. The highest BCUT2D eigenvalue weighted by atomic mass is 79.9. The van der Waals surface area contributed by atoms with E-state index < -0.39 is 18.1 Å². The van der Waals surface area contributed by atoms with E-state index in [0.29, 0.717) is 22.7 Å². The summed E-state index contributed by atoms with van der Waals surface area (Å²) in [6.45, 7) is 3.54. The fourth-order valence-electron chi connectivity index (χ4n) is 5.06. The monoisotopic (exact) mass is 637 g/mol. The Kier molecular flexibility index (Phi) is 9.58. The van der Waals surface area contributed by atoms with Crippen molar-refractivity contribution in [1.82, 2.24) is 10.6 Å². The first-order valence-corrected chi connectivity index (χ1v) is 15.2. The molecule has 0 saturated heterocycles. The van der Waals surface area contributed by atoms with Crippen LogP contribution in [0, 0.1) is 11.3 Å². The van der Waals surface area contributed by atoms with Crippen LogP contribution in [0.5, 0.6) is 5.75 Å². The lowest BCUT2D eigenvalue weighted by Crippen LogP contribution is -2.60. The van der Waals surface area contributed by atoms with E-state index in [1.807, 2.05) is 36.6 Å². The fourth-order valence-corrected chi connectivity index (χ4v) is 5.94. The lowest BCUT2D eigenvalue weighted by Gasteiger charge is -2.32. The minimum absolute atomic E-state index is 0.0972. The van der Waals surface area contributed by atoms with Gasteiger partial charge in [-0.05, 0) is 74.3 Å². The molecule has 0 aliphatic carbocycles. The minimum atomic E-state index is -1.06. The van der Waals surface area contributed by atoms with E-state index >= 15 is 0 Å². The van der Waals surface area contributed by atoms with Crippen molar-refractivity contribution in [2.75, 3.05) is 36.0 Å². The third-order valence-corrected chi connectivity index (χ3v) is 8.58. The summed E-state index contributed by atoms with van der Waals surface area (Å²) in [4.78, 5) is 44.2. The predicted molar refractivity (Wildman–Crippen MR) is 166 cm³/mol. The molecule has 1 heterocycles. The third kappa shape index (κ3) is 5.91. The average molecular weight is 639 g/mol. The molecule has 0 spiro atoms. The molecule has 1 aliphatic heterocycles. The maximum absolute atomic E-state index is 14.5. The first kappa shape index (κ1) is 30.4. The number of hydrogen-bond donors (Lipinski definition) is 2. The summed E-state index contributed by atoms with van der Waals surface area (Å²) in [6.07, 6.45) is 1.82. The van der Waals surface area contributed by atoms with Gasteiger partial charge in [-0.15, -0.1) is 0 Å². The molecule has 3 atom stereocenters. The zero-order chi connectivity index (χ0) is 29.8. The Morgan fingerprint density at radius 2 is 1.93 bits per heavy atom. The van der Waals surface area contributed by atoms with Gasteiger partial charge < -0.3 is 25.2 Å². The number of methoxy groups -OCH3 is 1. The van der Waals surface area contributed by atoms with Crippen LogP contribution in [-0.4, -0.2) is 62.0 Å². The van der Waals surface area contributed by atoms with Crippen molar-refractivity contribution in [3.63, 3.8) is 0 Å². The van der Waals surface area contributed by atoms with Crippen molar-refractivity contribution in [1.29, 1.82) is 5.26 Å². The summed E-state index contributed by atoms with van der Waals surface area (Å²) < 4.78 is 6.63. The normalized spacial score (nSPS) is 17.4. The van der Waals surface area contributed by atoms with E-state index in [1.54, 1.807) is 51.1 Å². The van der Waals surface area contributed by atoms with Gasteiger partial charge in [-0.25, -0.2) is 0 Å².